The van der Waals surface area contributed by atoms with Crippen LogP contribution in [0.4, 0.5) is 0 Å². The van der Waals surface area contributed by atoms with Crippen LogP contribution in [0.15, 0.2) is 36.4 Å². The summed E-state index contributed by atoms with van der Waals surface area (Å²) in [5.74, 6) is 0. The van der Waals surface area contributed by atoms with Gasteiger partial charge in [-0.2, -0.15) is 5.26 Å². The van der Waals surface area contributed by atoms with Crippen LogP contribution in [0.1, 0.15) is 5.56 Å². The maximum Gasteiger partial charge on any atom is 0.488 e. The molecular formula is C11H8BNO2. The van der Waals surface area contributed by atoms with Crippen LogP contribution in [0.3, 0.4) is 0 Å². The van der Waals surface area contributed by atoms with E-state index in [1.807, 2.05) is 6.07 Å². The Morgan fingerprint density at radius 1 is 1.13 bits per heavy atom. The number of hydrogen-bond donors (Lipinski definition) is 2. The molecule has 0 unspecified atom stereocenters. The Balaban J connectivity index is 2.70. The van der Waals surface area contributed by atoms with Crippen LogP contribution < -0.4 is 5.46 Å². The highest BCUT2D eigenvalue weighted by atomic mass is 16.4. The van der Waals surface area contributed by atoms with Gasteiger partial charge in [0.2, 0.25) is 0 Å². The van der Waals surface area contributed by atoms with Gasteiger partial charge in [-0.1, -0.05) is 30.3 Å². The Hall–Kier alpha value is -1.83. The lowest BCUT2D eigenvalue weighted by Crippen LogP contribution is -2.29. The Labute approximate surface area is 87.4 Å². The van der Waals surface area contributed by atoms with Crippen molar-refractivity contribution in [3.63, 3.8) is 0 Å². The van der Waals surface area contributed by atoms with E-state index in [9.17, 15) is 0 Å². The van der Waals surface area contributed by atoms with Crippen LogP contribution in [0.2, 0.25) is 0 Å². The van der Waals surface area contributed by atoms with E-state index in [-0.39, 0.29) is 0 Å². The van der Waals surface area contributed by atoms with Gasteiger partial charge in [-0.15, -0.1) is 0 Å². The highest BCUT2D eigenvalue weighted by Gasteiger charge is 2.11. The molecule has 0 atom stereocenters. The molecule has 0 aliphatic carbocycles. The monoisotopic (exact) mass is 197 g/mol. The fraction of sp³-hybridized carbons (Fsp3) is 0. The highest BCUT2D eigenvalue weighted by Crippen LogP contribution is 2.16. The van der Waals surface area contributed by atoms with Crippen LogP contribution >= 0.6 is 0 Å². The van der Waals surface area contributed by atoms with Gasteiger partial charge in [-0.25, -0.2) is 0 Å². The standard InChI is InChI=1S/C11H8BNO2/c13-7-9-3-1-2-8-6-10(12(14)15)4-5-11(8)9/h1-6,14-15H. The van der Waals surface area contributed by atoms with E-state index >= 15 is 0 Å². The molecule has 3 nitrogen and oxygen atoms in total. The zero-order valence-corrected chi connectivity index (χ0v) is 7.88. The first-order valence-electron chi connectivity index (χ1n) is 4.51. The Bertz CT molecular complexity index is 546. The van der Waals surface area contributed by atoms with Crippen molar-refractivity contribution in [2.45, 2.75) is 0 Å². The second kappa shape index (κ2) is 3.74. The topological polar surface area (TPSA) is 64.2 Å². The SMILES string of the molecule is N#Cc1cccc2cc(B(O)O)ccc12. The second-order valence-corrected chi connectivity index (χ2v) is 3.27. The van der Waals surface area contributed by atoms with Crippen molar-refractivity contribution < 1.29 is 10.0 Å². The van der Waals surface area contributed by atoms with Gasteiger partial charge in [0, 0.05) is 0 Å². The normalized spacial score (nSPS) is 9.93. The Morgan fingerprint density at radius 3 is 2.60 bits per heavy atom. The van der Waals surface area contributed by atoms with Crippen molar-refractivity contribution >= 4 is 23.4 Å². The van der Waals surface area contributed by atoms with Gasteiger partial charge in [0.15, 0.2) is 0 Å². The predicted molar refractivity (Wildman–Crippen MR) is 58.5 cm³/mol. The summed E-state index contributed by atoms with van der Waals surface area (Å²) in [6.45, 7) is 0. The molecule has 0 saturated carbocycles. The van der Waals surface area contributed by atoms with Gasteiger partial charge < -0.3 is 10.0 Å². The predicted octanol–water partition coefficient (Wildman–Crippen LogP) is 0.391. The smallest absolute Gasteiger partial charge is 0.423 e. The lowest BCUT2D eigenvalue weighted by molar-refractivity contribution is 0.426. The van der Waals surface area contributed by atoms with Gasteiger partial charge in [0.05, 0.1) is 11.6 Å². The molecular weight excluding hydrogens is 189 g/mol. The van der Waals surface area contributed by atoms with Gasteiger partial charge in [0.25, 0.3) is 0 Å². The van der Waals surface area contributed by atoms with Crippen LogP contribution in [0, 0.1) is 11.3 Å². The van der Waals surface area contributed by atoms with Gasteiger partial charge in [-0.3, -0.25) is 0 Å². The van der Waals surface area contributed by atoms with Crippen molar-refractivity contribution in [2.75, 3.05) is 0 Å². The molecule has 15 heavy (non-hydrogen) atoms. The summed E-state index contributed by atoms with van der Waals surface area (Å²) in [5, 5.41) is 28.5. The van der Waals surface area contributed by atoms with Crippen LogP contribution in [-0.4, -0.2) is 17.2 Å². The van der Waals surface area contributed by atoms with Crippen molar-refractivity contribution in [3.8, 4) is 6.07 Å². The third-order valence-corrected chi connectivity index (χ3v) is 2.32. The Morgan fingerprint density at radius 2 is 1.93 bits per heavy atom. The molecule has 0 bridgehead atoms. The molecule has 0 aliphatic heterocycles. The third kappa shape index (κ3) is 1.71. The lowest BCUT2D eigenvalue weighted by Gasteiger charge is -2.03. The fourth-order valence-electron chi connectivity index (χ4n) is 1.56. The number of nitrogens with zero attached hydrogens (tertiary/aromatic N) is 1. The van der Waals surface area contributed by atoms with Crippen molar-refractivity contribution in [1.82, 2.24) is 0 Å². The molecule has 0 radical (unpaired) electrons. The number of hydrogen-bond acceptors (Lipinski definition) is 3. The van der Waals surface area contributed by atoms with E-state index in [2.05, 4.69) is 6.07 Å². The minimum atomic E-state index is -1.47. The number of benzene rings is 2. The molecule has 2 aromatic carbocycles. The summed E-state index contributed by atoms with van der Waals surface area (Å²) >= 11 is 0. The number of fused-ring (bicyclic) bond motifs is 1. The first-order valence-corrected chi connectivity index (χ1v) is 4.51. The molecule has 2 rings (SSSR count). The Kier molecular flexibility index (Phi) is 2.42. The summed E-state index contributed by atoms with van der Waals surface area (Å²) in [7, 11) is -1.47. The van der Waals surface area contributed by atoms with Crippen molar-refractivity contribution in [2.24, 2.45) is 0 Å². The van der Waals surface area contributed by atoms with Gasteiger partial charge >= 0.3 is 7.12 Å². The van der Waals surface area contributed by atoms with E-state index in [0.29, 0.717) is 11.0 Å². The van der Waals surface area contributed by atoms with E-state index in [4.69, 9.17) is 15.3 Å². The average Bonchev–Trinajstić information content (AvgIpc) is 2.27. The molecule has 0 fully saturated rings. The summed E-state index contributed by atoms with van der Waals surface area (Å²) in [6, 6.07) is 12.4. The molecule has 0 amide bonds. The lowest BCUT2D eigenvalue weighted by atomic mass is 9.79. The summed E-state index contributed by atoms with van der Waals surface area (Å²) in [5.41, 5.74) is 1.02. The zero-order valence-electron chi connectivity index (χ0n) is 7.88. The molecule has 2 aromatic rings. The molecule has 0 aromatic heterocycles. The maximum absolute atomic E-state index is 9.00. The minimum absolute atomic E-state index is 0.428. The van der Waals surface area contributed by atoms with Crippen molar-refractivity contribution in [3.05, 3.63) is 42.0 Å². The summed E-state index contributed by atoms with van der Waals surface area (Å²) in [6.07, 6.45) is 0. The van der Waals surface area contributed by atoms with Crippen molar-refractivity contribution in [1.29, 1.82) is 5.26 Å². The summed E-state index contributed by atoms with van der Waals surface area (Å²) in [4.78, 5) is 0. The molecule has 2 N–H and O–H groups in total. The first kappa shape index (κ1) is 9.72. The number of rotatable bonds is 1. The fourth-order valence-corrected chi connectivity index (χ4v) is 1.56. The van der Waals surface area contributed by atoms with E-state index < -0.39 is 7.12 Å². The third-order valence-electron chi connectivity index (χ3n) is 2.32. The van der Waals surface area contributed by atoms with Gasteiger partial charge in [-0.05, 0) is 22.3 Å². The largest absolute Gasteiger partial charge is 0.488 e. The zero-order chi connectivity index (χ0) is 10.8. The molecule has 0 aliphatic rings. The molecule has 0 saturated heterocycles. The highest BCUT2D eigenvalue weighted by molar-refractivity contribution is 6.58. The molecule has 4 heteroatoms. The van der Waals surface area contributed by atoms with E-state index in [0.717, 1.165) is 10.8 Å². The van der Waals surface area contributed by atoms with E-state index in [1.54, 1.807) is 30.3 Å². The average molecular weight is 197 g/mol. The quantitative estimate of drug-likeness (QED) is 0.650. The van der Waals surface area contributed by atoms with E-state index in [1.165, 1.54) is 0 Å². The minimum Gasteiger partial charge on any atom is -0.423 e. The van der Waals surface area contributed by atoms with Crippen LogP contribution in [-0.2, 0) is 0 Å². The van der Waals surface area contributed by atoms with Crippen LogP contribution in [0.25, 0.3) is 10.8 Å². The molecule has 0 heterocycles. The molecule has 72 valence electrons. The maximum atomic E-state index is 9.00. The second-order valence-electron chi connectivity index (χ2n) is 3.27. The number of nitriles is 1. The molecule has 0 spiro atoms. The summed E-state index contributed by atoms with van der Waals surface area (Å²) < 4.78 is 0. The first-order chi connectivity index (χ1) is 7.22. The van der Waals surface area contributed by atoms with Gasteiger partial charge in [0.1, 0.15) is 0 Å². The van der Waals surface area contributed by atoms with Crippen LogP contribution in [0.5, 0.6) is 0 Å².